The van der Waals surface area contributed by atoms with Crippen molar-refractivity contribution < 1.29 is 23.8 Å². The second kappa shape index (κ2) is 7.47. The van der Waals surface area contributed by atoms with Crippen LogP contribution in [0.2, 0.25) is 0 Å². The molecule has 5 rings (SSSR count). The molecule has 0 aromatic heterocycles. The predicted molar refractivity (Wildman–Crippen MR) is 108 cm³/mol. The van der Waals surface area contributed by atoms with E-state index in [0.717, 1.165) is 41.7 Å². The van der Waals surface area contributed by atoms with Crippen LogP contribution in [0, 0.1) is 0 Å². The summed E-state index contributed by atoms with van der Waals surface area (Å²) < 4.78 is 16.1. The van der Waals surface area contributed by atoms with Crippen LogP contribution in [0.15, 0.2) is 41.7 Å². The number of rotatable bonds is 4. The molecule has 0 saturated carbocycles. The van der Waals surface area contributed by atoms with Crippen LogP contribution in [0.5, 0.6) is 11.5 Å². The summed E-state index contributed by atoms with van der Waals surface area (Å²) in [6.07, 6.45) is 3.54. The largest absolute Gasteiger partial charge is 0.454 e. The first kappa shape index (κ1) is 18.7. The zero-order valence-corrected chi connectivity index (χ0v) is 16.7. The molecule has 2 fully saturated rings. The van der Waals surface area contributed by atoms with Crippen molar-refractivity contribution >= 4 is 17.7 Å². The maximum Gasteiger partial charge on any atom is 0.412 e. The Balaban J connectivity index is 1.15. The van der Waals surface area contributed by atoms with Crippen molar-refractivity contribution in [2.45, 2.75) is 25.5 Å². The van der Waals surface area contributed by atoms with Gasteiger partial charge in [0.1, 0.15) is 6.10 Å². The molecule has 1 aromatic carbocycles. The number of piperazine rings is 1. The van der Waals surface area contributed by atoms with Crippen LogP contribution in [0.1, 0.15) is 13.3 Å². The van der Waals surface area contributed by atoms with Gasteiger partial charge in [-0.1, -0.05) is 0 Å². The molecule has 158 valence electrons. The number of hydrogen-bond acceptors (Lipinski definition) is 7. The lowest BCUT2D eigenvalue weighted by Gasteiger charge is -2.41. The van der Waals surface area contributed by atoms with Crippen molar-refractivity contribution in [3.63, 3.8) is 0 Å². The van der Waals surface area contributed by atoms with Crippen molar-refractivity contribution in [3.8, 4) is 11.5 Å². The van der Waals surface area contributed by atoms with Crippen molar-refractivity contribution in [2.75, 3.05) is 37.9 Å². The van der Waals surface area contributed by atoms with Crippen LogP contribution in [0.4, 0.5) is 10.5 Å². The van der Waals surface area contributed by atoms with Gasteiger partial charge < -0.3 is 29.3 Å². The van der Waals surface area contributed by atoms with Gasteiger partial charge in [-0.05, 0) is 31.2 Å². The molecule has 9 nitrogen and oxygen atoms in total. The van der Waals surface area contributed by atoms with E-state index < -0.39 is 6.09 Å². The van der Waals surface area contributed by atoms with Crippen molar-refractivity contribution in [2.24, 2.45) is 0 Å². The van der Waals surface area contributed by atoms with Crippen LogP contribution < -0.4 is 25.0 Å². The van der Waals surface area contributed by atoms with E-state index in [-0.39, 0.29) is 31.4 Å². The molecule has 2 amide bonds. The third kappa shape index (κ3) is 3.51. The standard InChI is InChI=1S/C21H24N4O5/c1-13-11-24(15-3-5-17-19(9-15)29-12-28-17)6-7-25(13)20(26)10-22-14-2-4-16-18(8-14)30-21(27)23-16/h2-5,9,13,18,22H,6-8,10-12H2,1H3,(H,23,27)/t13-,18?/m1/s1. The third-order valence-electron chi connectivity index (χ3n) is 5.85. The van der Waals surface area contributed by atoms with E-state index in [2.05, 4.69) is 22.5 Å². The molecule has 0 radical (unpaired) electrons. The SMILES string of the molecule is C[C@@H]1CN(c2ccc3c(c2)OCO3)CCN1C(=O)CNC1=CC=C2NC(=O)OC2C1. The lowest BCUT2D eigenvalue weighted by atomic mass is 10.1. The number of nitrogens with one attached hydrogen (secondary N) is 2. The molecule has 9 heteroatoms. The quantitative estimate of drug-likeness (QED) is 0.771. The van der Waals surface area contributed by atoms with Crippen LogP contribution in [0.3, 0.4) is 0 Å². The summed E-state index contributed by atoms with van der Waals surface area (Å²) in [4.78, 5) is 28.3. The monoisotopic (exact) mass is 412 g/mol. The molecule has 2 saturated heterocycles. The van der Waals surface area contributed by atoms with E-state index in [1.54, 1.807) is 0 Å². The molecule has 2 atom stereocenters. The molecule has 3 heterocycles. The molecule has 0 spiro atoms. The summed E-state index contributed by atoms with van der Waals surface area (Å²) in [5.41, 5.74) is 2.73. The molecule has 1 aliphatic carbocycles. The van der Waals surface area contributed by atoms with Gasteiger partial charge in [0.15, 0.2) is 11.5 Å². The highest BCUT2D eigenvalue weighted by atomic mass is 16.7. The van der Waals surface area contributed by atoms with Crippen molar-refractivity contribution in [1.82, 2.24) is 15.5 Å². The Morgan fingerprint density at radius 2 is 2.10 bits per heavy atom. The van der Waals surface area contributed by atoms with E-state index in [9.17, 15) is 9.59 Å². The van der Waals surface area contributed by atoms with E-state index in [4.69, 9.17) is 14.2 Å². The number of anilines is 1. The van der Waals surface area contributed by atoms with E-state index in [1.807, 2.05) is 35.3 Å². The molecular formula is C21H24N4O5. The summed E-state index contributed by atoms with van der Waals surface area (Å²) in [6.45, 7) is 4.71. The minimum atomic E-state index is -0.425. The zero-order chi connectivity index (χ0) is 20.7. The highest BCUT2D eigenvalue weighted by molar-refractivity contribution is 5.79. The fraction of sp³-hybridized carbons (Fsp3) is 0.429. The van der Waals surface area contributed by atoms with E-state index >= 15 is 0 Å². The van der Waals surface area contributed by atoms with Gasteiger partial charge in [0.25, 0.3) is 0 Å². The number of carbonyl (C=O) groups is 2. The summed E-state index contributed by atoms with van der Waals surface area (Å²) in [7, 11) is 0. The van der Waals surface area contributed by atoms with Gasteiger partial charge in [-0.2, -0.15) is 0 Å². The number of alkyl carbamates (subject to hydrolysis) is 1. The Labute approximate surface area is 174 Å². The molecular weight excluding hydrogens is 388 g/mol. The number of hydrogen-bond donors (Lipinski definition) is 2. The number of ether oxygens (including phenoxy) is 3. The second-order valence-corrected chi connectivity index (χ2v) is 7.81. The first-order valence-corrected chi connectivity index (χ1v) is 10.1. The lowest BCUT2D eigenvalue weighted by Crippen LogP contribution is -2.55. The average molecular weight is 412 g/mol. The molecule has 2 N–H and O–H groups in total. The van der Waals surface area contributed by atoms with Gasteiger partial charge in [-0.3, -0.25) is 10.1 Å². The Morgan fingerprint density at radius 1 is 1.23 bits per heavy atom. The molecule has 1 aromatic rings. The highest BCUT2D eigenvalue weighted by Gasteiger charge is 2.32. The summed E-state index contributed by atoms with van der Waals surface area (Å²) >= 11 is 0. The van der Waals surface area contributed by atoms with E-state index in [0.29, 0.717) is 13.0 Å². The topological polar surface area (TPSA) is 92.4 Å². The Morgan fingerprint density at radius 3 is 2.97 bits per heavy atom. The summed E-state index contributed by atoms with van der Waals surface area (Å²) in [6, 6.07) is 6.04. The van der Waals surface area contributed by atoms with Crippen LogP contribution in [-0.2, 0) is 9.53 Å². The first-order valence-electron chi connectivity index (χ1n) is 10.1. The van der Waals surface area contributed by atoms with Gasteiger partial charge in [-0.15, -0.1) is 0 Å². The van der Waals surface area contributed by atoms with Gasteiger partial charge >= 0.3 is 6.09 Å². The van der Waals surface area contributed by atoms with Gasteiger partial charge in [0, 0.05) is 49.5 Å². The number of amides is 2. The Kier molecular flexibility index (Phi) is 4.65. The van der Waals surface area contributed by atoms with Gasteiger partial charge in [-0.25, -0.2) is 4.79 Å². The van der Waals surface area contributed by atoms with Gasteiger partial charge in [0.2, 0.25) is 12.7 Å². The average Bonchev–Trinajstić information content (AvgIpc) is 3.36. The second-order valence-electron chi connectivity index (χ2n) is 7.81. The summed E-state index contributed by atoms with van der Waals surface area (Å²) in [5.74, 6) is 1.60. The molecule has 3 aliphatic heterocycles. The maximum absolute atomic E-state index is 12.8. The minimum Gasteiger partial charge on any atom is -0.454 e. The van der Waals surface area contributed by atoms with Crippen molar-refractivity contribution in [3.05, 3.63) is 41.7 Å². The molecule has 4 aliphatic rings. The van der Waals surface area contributed by atoms with Crippen LogP contribution in [-0.4, -0.2) is 62.0 Å². The zero-order valence-electron chi connectivity index (χ0n) is 16.7. The fourth-order valence-electron chi connectivity index (χ4n) is 4.25. The molecule has 1 unspecified atom stereocenters. The number of benzene rings is 1. The Bertz CT molecular complexity index is 943. The highest BCUT2D eigenvalue weighted by Crippen LogP contribution is 2.36. The normalized spacial score (nSPS) is 24.5. The van der Waals surface area contributed by atoms with Crippen LogP contribution in [0.25, 0.3) is 0 Å². The fourth-order valence-corrected chi connectivity index (χ4v) is 4.25. The van der Waals surface area contributed by atoms with E-state index in [1.165, 1.54) is 0 Å². The summed E-state index contributed by atoms with van der Waals surface area (Å²) in [5, 5.41) is 5.86. The lowest BCUT2D eigenvalue weighted by molar-refractivity contribution is -0.132. The number of nitrogens with zero attached hydrogens (tertiary/aromatic N) is 2. The number of allylic oxidation sites excluding steroid dienone is 2. The number of fused-ring (bicyclic) bond motifs is 2. The van der Waals surface area contributed by atoms with Crippen LogP contribution >= 0.6 is 0 Å². The minimum absolute atomic E-state index is 0.0602. The maximum atomic E-state index is 12.8. The Hall–Kier alpha value is -3.36. The molecule has 30 heavy (non-hydrogen) atoms. The third-order valence-corrected chi connectivity index (χ3v) is 5.85. The predicted octanol–water partition coefficient (Wildman–Crippen LogP) is 1.32. The van der Waals surface area contributed by atoms with Gasteiger partial charge in [0.05, 0.1) is 12.2 Å². The molecule has 0 bridgehead atoms. The van der Waals surface area contributed by atoms with Crippen molar-refractivity contribution in [1.29, 1.82) is 0 Å². The first-order chi connectivity index (χ1) is 14.6. The smallest absolute Gasteiger partial charge is 0.412 e. The number of carbonyl (C=O) groups excluding carboxylic acids is 2.